The molecule has 0 rings (SSSR count). The fourth-order valence-corrected chi connectivity index (χ4v) is 2.35. The molecule has 0 radical (unpaired) electrons. The standard InChI is InChI=1S/C5H14O8P2/c6-4-2-1-3-5-12-15(10,11)13-14(7,8)9/h6H,1-5H2,(H,10,11)(H2,7,8,9). The largest absolute Gasteiger partial charge is 0.481 e. The minimum atomic E-state index is -5.03. The molecule has 0 fully saturated rings. The van der Waals surface area contributed by atoms with E-state index in [1.807, 2.05) is 0 Å². The highest BCUT2D eigenvalue weighted by molar-refractivity contribution is 7.60. The molecule has 0 saturated carbocycles. The van der Waals surface area contributed by atoms with Crippen molar-refractivity contribution in [2.45, 2.75) is 19.3 Å². The molecule has 0 aliphatic heterocycles. The number of unbranched alkanes of at least 4 members (excludes halogenated alkanes) is 2. The summed E-state index contributed by atoms with van der Waals surface area (Å²) in [4.78, 5) is 25.3. The van der Waals surface area contributed by atoms with E-state index in [9.17, 15) is 9.13 Å². The Hall–Kier alpha value is 0.220. The van der Waals surface area contributed by atoms with Crippen LogP contribution in [0, 0.1) is 0 Å². The summed E-state index contributed by atoms with van der Waals surface area (Å²) in [6.45, 7) is -0.163. The second-order valence-corrected chi connectivity index (χ2v) is 5.49. The number of hydrogen-bond acceptors (Lipinski definition) is 5. The van der Waals surface area contributed by atoms with Crippen molar-refractivity contribution >= 4 is 15.6 Å². The first-order chi connectivity index (χ1) is 6.77. The molecule has 0 aromatic carbocycles. The third-order valence-electron chi connectivity index (χ3n) is 1.27. The molecule has 0 amide bonds. The number of hydrogen-bond donors (Lipinski definition) is 4. The quantitative estimate of drug-likeness (QED) is 0.365. The normalized spacial score (nSPS) is 16.3. The Morgan fingerprint density at radius 1 is 1.00 bits per heavy atom. The van der Waals surface area contributed by atoms with Crippen molar-refractivity contribution < 1.29 is 37.8 Å². The second kappa shape index (κ2) is 6.73. The summed E-state index contributed by atoms with van der Waals surface area (Å²) < 4.78 is 28.8. The van der Waals surface area contributed by atoms with Gasteiger partial charge in [0.15, 0.2) is 0 Å². The van der Waals surface area contributed by atoms with E-state index in [2.05, 4.69) is 8.83 Å². The molecule has 4 N–H and O–H groups in total. The van der Waals surface area contributed by atoms with Crippen LogP contribution in [-0.4, -0.2) is 33.0 Å². The van der Waals surface area contributed by atoms with Crippen LogP contribution in [0.1, 0.15) is 19.3 Å². The molecule has 1 atom stereocenters. The van der Waals surface area contributed by atoms with E-state index in [-0.39, 0.29) is 13.2 Å². The highest BCUT2D eigenvalue weighted by Gasteiger charge is 2.31. The molecule has 0 aliphatic carbocycles. The Morgan fingerprint density at radius 3 is 2.07 bits per heavy atom. The van der Waals surface area contributed by atoms with Gasteiger partial charge in [-0.1, -0.05) is 0 Å². The van der Waals surface area contributed by atoms with Crippen LogP contribution in [-0.2, 0) is 18.0 Å². The van der Waals surface area contributed by atoms with E-state index >= 15 is 0 Å². The second-order valence-electron chi connectivity index (χ2n) is 2.66. The summed E-state index contributed by atoms with van der Waals surface area (Å²) >= 11 is 0. The average molecular weight is 264 g/mol. The van der Waals surface area contributed by atoms with Gasteiger partial charge in [-0.05, 0) is 19.3 Å². The zero-order valence-electron chi connectivity index (χ0n) is 7.85. The van der Waals surface area contributed by atoms with Gasteiger partial charge in [-0.3, -0.25) is 4.52 Å². The lowest BCUT2D eigenvalue weighted by Crippen LogP contribution is -1.96. The molecule has 8 nitrogen and oxygen atoms in total. The minimum absolute atomic E-state index is 0.00969. The fourth-order valence-electron chi connectivity index (χ4n) is 0.729. The van der Waals surface area contributed by atoms with Crippen LogP contribution < -0.4 is 0 Å². The maximum atomic E-state index is 10.8. The molecule has 10 heteroatoms. The van der Waals surface area contributed by atoms with Crippen molar-refractivity contribution in [1.29, 1.82) is 0 Å². The number of rotatable bonds is 8. The van der Waals surface area contributed by atoms with Gasteiger partial charge in [0.05, 0.1) is 6.61 Å². The molecular formula is C5H14O8P2. The van der Waals surface area contributed by atoms with Gasteiger partial charge in [-0.25, -0.2) is 9.13 Å². The molecule has 0 aromatic heterocycles. The van der Waals surface area contributed by atoms with Crippen LogP contribution in [0.25, 0.3) is 0 Å². The van der Waals surface area contributed by atoms with Crippen LogP contribution in [0.15, 0.2) is 0 Å². The van der Waals surface area contributed by atoms with Crippen LogP contribution in [0.3, 0.4) is 0 Å². The maximum Gasteiger partial charge on any atom is 0.481 e. The predicted octanol–water partition coefficient (Wildman–Crippen LogP) is 0.375. The molecule has 0 aromatic rings. The van der Waals surface area contributed by atoms with Gasteiger partial charge in [0.2, 0.25) is 0 Å². The molecule has 0 heterocycles. The lowest BCUT2D eigenvalue weighted by atomic mass is 10.2. The van der Waals surface area contributed by atoms with Gasteiger partial charge in [0.25, 0.3) is 0 Å². The Balaban J connectivity index is 3.75. The molecule has 0 bridgehead atoms. The van der Waals surface area contributed by atoms with E-state index in [0.717, 1.165) is 0 Å². The van der Waals surface area contributed by atoms with Gasteiger partial charge in [0.1, 0.15) is 0 Å². The van der Waals surface area contributed by atoms with Crippen LogP contribution in [0.2, 0.25) is 0 Å². The van der Waals surface area contributed by atoms with Crippen molar-refractivity contribution in [1.82, 2.24) is 0 Å². The third kappa shape index (κ3) is 10.5. The fraction of sp³-hybridized carbons (Fsp3) is 1.00. The monoisotopic (exact) mass is 264 g/mol. The van der Waals surface area contributed by atoms with Crippen LogP contribution in [0.4, 0.5) is 0 Å². The number of aliphatic hydroxyl groups excluding tert-OH is 1. The summed E-state index contributed by atoms with van der Waals surface area (Å²) in [6, 6.07) is 0. The van der Waals surface area contributed by atoms with E-state index in [0.29, 0.717) is 19.3 Å². The Labute approximate surface area is 86.7 Å². The lowest BCUT2D eigenvalue weighted by Gasteiger charge is -2.11. The molecule has 0 aliphatic rings. The molecule has 0 saturated heterocycles. The Kier molecular flexibility index (Phi) is 6.83. The van der Waals surface area contributed by atoms with E-state index in [1.165, 1.54) is 0 Å². The maximum absolute atomic E-state index is 10.8. The van der Waals surface area contributed by atoms with Crippen LogP contribution >= 0.6 is 15.6 Å². The first-order valence-electron chi connectivity index (χ1n) is 4.12. The summed E-state index contributed by atoms with van der Waals surface area (Å²) in [5, 5.41) is 8.41. The van der Waals surface area contributed by atoms with Crippen molar-refractivity contribution in [3.8, 4) is 0 Å². The Morgan fingerprint density at radius 2 is 1.60 bits per heavy atom. The first-order valence-corrected chi connectivity index (χ1v) is 7.14. The third-order valence-corrected chi connectivity index (χ3v) is 3.45. The van der Waals surface area contributed by atoms with E-state index in [4.69, 9.17) is 19.8 Å². The predicted molar refractivity (Wildman–Crippen MR) is 49.8 cm³/mol. The highest BCUT2D eigenvalue weighted by Crippen LogP contribution is 2.57. The number of aliphatic hydroxyl groups is 1. The average Bonchev–Trinajstić information content (AvgIpc) is 1.99. The van der Waals surface area contributed by atoms with E-state index in [1.54, 1.807) is 0 Å². The van der Waals surface area contributed by atoms with Gasteiger partial charge in [-0.15, -0.1) is 0 Å². The van der Waals surface area contributed by atoms with Crippen molar-refractivity contribution in [3.63, 3.8) is 0 Å². The van der Waals surface area contributed by atoms with Crippen molar-refractivity contribution in [2.24, 2.45) is 0 Å². The molecule has 15 heavy (non-hydrogen) atoms. The highest BCUT2D eigenvalue weighted by atomic mass is 31.3. The van der Waals surface area contributed by atoms with Gasteiger partial charge >= 0.3 is 15.6 Å². The molecule has 92 valence electrons. The molecule has 0 spiro atoms. The van der Waals surface area contributed by atoms with Gasteiger partial charge < -0.3 is 19.8 Å². The topological polar surface area (TPSA) is 134 Å². The van der Waals surface area contributed by atoms with Crippen molar-refractivity contribution in [2.75, 3.05) is 13.2 Å². The summed E-state index contributed by atoms with van der Waals surface area (Å²) in [5.74, 6) is 0. The van der Waals surface area contributed by atoms with Gasteiger partial charge in [-0.2, -0.15) is 4.31 Å². The molecule has 1 unspecified atom stereocenters. The van der Waals surface area contributed by atoms with Crippen molar-refractivity contribution in [3.05, 3.63) is 0 Å². The minimum Gasteiger partial charge on any atom is -0.396 e. The zero-order chi connectivity index (χ0) is 11.9. The van der Waals surface area contributed by atoms with Gasteiger partial charge in [0, 0.05) is 6.61 Å². The molecular weight excluding hydrogens is 250 g/mol. The first kappa shape index (κ1) is 15.2. The summed E-state index contributed by atoms with van der Waals surface area (Å²) in [6.07, 6.45) is 1.49. The summed E-state index contributed by atoms with van der Waals surface area (Å²) in [7, 11) is -9.72. The smallest absolute Gasteiger partial charge is 0.396 e. The number of phosphoric ester groups is 1. The van der Waals surface area contributed by atoms with E-state index < -0.39 is 15.6 Å². The lowest BCUT2D eigenvalue weighted by molar-refractivity contribution is 0.174. The zero-order valence-corrected chi connectivity index (χ0v) is 9.64. The summed E-state index contributed by atoms with van der Waals surface area (Å²) in [5.41, 5.74) is 0. The Bertz CT molecular complexity index is 260. The SMILES string of the molecule is O=P(O)(O)OP(=O)(O)OCCCCCO. The van der Waals surface area contributed by atoms with Crippen LogP contribution in [0.5, 0.6) is 0 Å². The number of phosphoric acid groups is 2.